The monoisotopic (exact) mass is 453 g/mol. The molecular formula is C23H19N9O2. The van der Waals surface area contributed by atoms with Gasteiger partial charge in [-0.15, -0.1) is 5.10 Å². The zero-order valence-corrected chi connectivity index (χ0v) is 18.1. The molecule has 0 aliphatic rings. The van der Waals surface area contributed by atoms with Gasteiger partial charge in [-0.1, -0.05) is 30.3 Å². The molecular weight excluding hydrogens is 434 g/mol. The van der Waals surface area contributed by atoms with E-state index in [1.54, 1.807) is 41.2 Å². The van der Waals surface area contributed by atoms with E-state index in [0.29, 0.717) is 40.1 Å². The summed E-state index contributed by atoms with van der Waals surface area (Å²) in [5.74, 6) is -0.937. The average molecular weight is 453 g/mol. The van der Waals surface area contributed by atoms with Gasteiger partial charge in [0.05, 0.1) is 28.5 Å². The normalized spacial score (nSPS) is 10.9. The van der Waals surface area contributed by atoms with E-state index < -0.39 is 11.8 Å². The van der Waals surface area contributed by atoms with Gasteiger partial charge in [0, 0.05) is 17.7 Å². The molecule has 0 spiro atoms. The van der Waals surface area contributed by atoms with E-state index >= 15 is 0 Å². The van der Waals surface area contributed by atoms with Crippen LogP contribution in [0.25, 0.3) is 28.0 Å². The van der Waals surface area contributed by atoms with Gasteiger partial charge in [-0.25, -0.2) is 14.3 Å². The van der Waals surface area contributed by atoms with Crippen LogP contribution in [0.15, 0.2) is 73.2 Å². The first-order valence-corrected chi connectivity index (χ1v) is 10.5. The maximum absolute atomic E-state index is 13.1. The molecule has 0 aliphatic heterocycles. The van der Waals surface area contributed by atoms with Gasteiger partial charge in [0.2, 0.25) is 0 Å². The first kappa shape index (κ1) is 20.9. The lowest BCUT2D eigenvalue weighted by molar-refractivity contribution is 0.0847. The number of pyridine rings is 1. The zero-order chi connectivity index (χ0) is 23.5. The number of benzene rings is 2. The molecule has 2 amide bonds. The SMILES string of the molecule is CCn1ncc2c(C(=O)NNC(=O)c3ccc(-n4cnnn4)cc3)cc(-c3ccccc3)nc21. The van der Waals surface area contributed by atoms with E-state index in [-0.39, 0.29) is 0 Å². The van der Waals surface area contributed by atoms with Gasteiger partial charge in [-0.3, -0.25) is 20.4 Å². The Morgan fingerprint density at radius 3 is 2.44 bits per heavy atom. The van der Waals surface area contributed by atoms with Crippen molar-refractivity contribution in [3.63, 3.8) is 0 Å². The van der Waals surface area contributed by atoms with Crippen LogP contribution in [0.5, 0.6) is 0 Å². The topological polar surface area (TPSA) is 133 Å². The van der Waals surface area contributed by atoms with Crippen molar-refractivity contribution in [2.75, 3.05) is 0 Å². The molecule has 11 nitrogen and oxygen atoms in total. The van der Waals surface area contributed by atoms with Crippen molar-refractivity contribution in [1.29, 1.82) is 0 Å². The Kier molecular flexibility index (Phi) is 5.48. The highest BCUT2D eigenvalue weighted by Crippen LogP contribution is 2.24. The Labute approximate surface area is 193 Å². The molecule has 0 bridgehead atoms. The highest BCUT2D eigenvalue weighted by Gasteiger charge is 2.18. The van der Waals surface area contributed by atoms with Crippen molar-refractivity contribution in [2.45, 2.75) is 13.5 Å². The van der Waals surface area contributed by atoms with Crippen molar-refractivity contribution in [3.05, 3.63) is 84.3 Å². The molecule has 2 N–H and O–H groups in total. The standard InChI is InChI=1S/C23H19N9O2/c1-2-31-21-19(13-25-31)18(12-20(26-21)15-6-4-3-5-7-15)23(34)28-27-22(33)16-8-10-17(11-9-16)32-14-24-29-30-32/h3-14H,2H2,1H3,(H,27,33)(H,28,34). The Balaban J connectivity index is 1.38. The fourth-order valence-corrected chi connectivity index (χ4v) is 3.52. The molecule has 5 aromatic rings. The number of aromatic nitrogens is 7. The molecule has 0 fully saturated rings. The van der Waals surface area contributed by atoms with Crippen LogP contribution in [0, 0.1) is 0 Å². The maximum Gasteiger partial charge on any atom is 0.270 e. The van der Waals surface area contributed by atoms with E-state index in [4.69, 9.17) is 4.98 Å². The van der Waals surface area contributed by atoms with Gasteiger partial charge >= 0.3 is 0 Å². The lowest BCUT2D eigenvalue weighted by atomic mass is 10.1. The summed E-state index contributed by atoms with van der Waals surface area (Å²) >= 11 is 0. The van der Waals surface area contributed by atoms with Crippen LogP contribution in [0.3, 0.4) is 0 Å². The molecule has 0 atom stereocenters. The van der Waals surface area contributed by atoms with E-state index in [1.165, 1.54) is 11.0 Å². The third-order valence-electron chi connectivity index (χ3n) is 5.26. The molecule has 3 aromatic heterocycles. The minimum absolute atomic E-state index is 0.359. The Hall–Kier alpha value is -4.93. The number of fused-ring (bicyclic) bond motifs is 1. The number of rotatable bonds is 5. The van der Waals surface area contributed by atoms with E-state index in [0.717, 1.165) is 5.56 Å². The molecule has 0 unspecified atom stereocenters. The highest BCUT2D eigenvalue weighted by molar-refractivity contribution is 6.07. The molecule has 5 rings (SSSR count). The Morgan fingerprint density at radius 2 is 1.74 bits per heavy atom. The van der Waals surface area contributed by atoms with Gasteiger partial charge in [-0.05, 0) is 47.7 Å². The number of carbonyl (C=O) groups is 2. The van der Waals surface area contributed by atoms with Crippen molar-refractivity contribution in [1.82, 2.24) is 45.8 Å². The van der Waals surface area contributed by atoms with Crippen molar-refractivity contribution >= 4 is 22.8 Å². The van der Waals surface area contributed by atoms with Crippen LogP contribution in [-0.2, 0) is 6.54 Å². The summed E-state index contributed by atoms with van der Waals surface area (Å²) in [5, 5.41) is 15.9. The lowest BCUT2D eigenvalue weighted by Crippen LogP contribution is -2.41. The summed E-state index contributed by atoms with van der Waals surface area (Å²) in [6.07, 6.45) is 3.06. The lowest BCUT2D eigenvalue weighted by Gasteiger charge is -2.10. The predicted octanol–water partition coefficient (Wildman–Crippen LogP) is 2.17. The number of amides is 2. The number of nitrogens with zero attached hydrogens (tertiary/aromatic N) is 7. The average Bonchev–Trinajstić information content (AvgIpc) is 3.57. The number of hydrazine groups is 1. The smallest absolute Gasteiger partial charge is 0.267 e. The van der Waals surface area contributed by atoms with E-state index in [9.17, 15) is 9.59 Å². The minimum Gasteiger partial charge on any atom is -0.267 e. The van der Waals surface area contributed by atoms with E-state index in [2.05, 4.69) is 31.5 Å². The second-order valence-corrected chi connectivity index (χ2v) is 7.33. The summed E-state index contributed by atoms with van der Waals surface area (Å²) in [6, 6.07) is 17.9. The molecule has 11 heteroatoms. The first-order chi connectivity index (χ1) is 16.6. The first-order valence-electron chi connectivity index (χ1n) is 10.5. The highest BCUT2D eigenvalue weighted by atomic mass is 16.2. The summed E-state index contributed by atoms with van der Waals surface area (Å²) in [5.41, 5.74) is 8.48. The van der Waals surface area contributed by atoms with Gasteiger partial charge < -0.3 is 0 Å². The Bertz CT molecular complexity index is 1460. The molecule has 34 heavy (non-hydrogen) atoms. The minimum atomic E-state index is -0.473. The van der Waals surface area contributed by atoms with E-state index in [1.807, 2.05) is 37.3 Å². The molecule has 0 radical (unpaired) electrons. The number of hydrogen-bond donors (Lipinski definition) is 2. The molecule has 168 valence electrons. The third-order valence-corrected chi connectivity index (χ3v) is 5.26. The van der Waals surface area contributed by atoms with Gasteiger partial charge in [0.15, 0.2) is 5.65 Å². The van der Waals surface area contributed by atoms with Crippen LogP contribution in [0.2, 0.25) is 0 Å². The van der Waals surface area contributed by atoms with Gasteiger partial charge in [-0.2, -0.15) is 5.10 Å². The third kappa shape index (κ3) is 3.97. The summed E-state index contributed by atoms with van der Waals surface area (Å²) in [7, 11) is 0. The van der Waals surface area contributed by atoms with Gasteiger partial charge in [0.1, 0.15) is 6.33 Å². The molecule has 0 saturated carbocycles. The summed E-state index contributed by atoms with van der Waals surface area (Å²) < 4.78 is 3.20. The number of tetrazole rings is 1. The summed E-state index contributed by atoms with van der Waals surface area (Å²) in [6.45, 7) is 2.56. The van der Waals surface area contributed by atoms with Crippen LogP contribution < -0.4 is 10.9 Å². The quantitative estimate of drug-likeness (QED) is 0.390. The largest absolute Gasteiger partial charge is 0.270 e. The molecule has 3 heterocycles. The fraction of sp³-hybridized carbons (Fsp3) is 0.0870. The second-order valence-electron chi connectivity index (χ2n) is 7.33. The fourth-order valence-electron chi connectivity index (χ4n) is 3.52. The predicted molar refractivity (Wildman–Crippen MR) is 123 cm³/mol. The maximum atomic E-state index is 13.1. The number of hydrogen-bond acceptors (Lipinski definition) is 7. The molecule has 0 aliphatic carbocycles. The summed E-state index contributed by atoms with van der Waals surface area (Å²) in [4.78, 5) is 30.4. The molecule has 0 saturated heterocycles. The zero-order valence-electron chi connectivity index (χ0n) is 18.1. The van der Waals surface area contributed by atoms with Crippen molar-refractivity contribution in [3.8, 4) is 16.9 Å². The Morgan fingerprint density at radius 1 is 0.971 bits per heavy atom. The number of aryl methyl sites for hydroxylation is 1. The molecule has 2 aromatic carbocycles. The number of carbonyl (C=O) groups excluding carboxylic acids is 2. The number of nitrogens with one attached hydrogen (secondary N) is 2. The van der Waals surface area contributed by atoms with Gasteiger partial charge in [0.25, 0.3) is 11.8 Å². The van der Waals surface area contributed by atoms with Crippen LogP contribution in [-0.4, -0.2) is 46.8 Å². The van der Waals surface area contributed by atoms with Crippen LogP contribution in [0.1, 0.15) is 27.6 Å². The second kappa shape index (κ2) is 8.90. The van der Waals surface area contributed by atoms with Crippen molar-refractivity contribution < 1.29 is 9.59 Å². The van der Waals surface area contributed by atoms with Crippen LogP contribution >= 0.6 is 0 Å². The van der Waals surface area contributed by atoms with Crippen LogP contribution in [0.4, 0.5) is 0 Å². The van der Waals surface area contributed by atoms with Crippen molar-refractivity contribution in [2.24, 2.45) is 0 Å².